The lowest BCUT2D eigenvalue weighted by atomic mass is 9.55. The summed E-state index contributed by atoms with van der Waals surface area (Å²) < 4.78 is 0. The second kappa shape index (κ2) is 9.99. The van der Waals surface area contributed by atoms with Crippen molar-refractivity contribution in [2.45, 2.75) is 126 Å². The molecule has 0 saturated heterocycles. The van der Waals surface area contributed by atoms with E-state index in [1.165, 1.54) is 59.4 Å². The first-order chi connectivity index (χ1) is 20.2. The Morgan fingerprint density at radius 3 is 1.45 bits per heavy atom. The zero-order chi connectivity index (χ0) is 29.0. The molecule has 2 aromatic carbocycles. The number of hydrogen-bond acceptors (Lipinski definition) is 4. The summed E-state index contributed by atoms with van der Waals surface area (Å²) in [6, 6.07) is 9.57. The van der Waals surface area contributed by atoms with E-state index in [2.05, 4.69) is 52.0 Å². The van der Waals surface area contributed by atoms with E-state index in [9.17, 15) is 9.59 Å². The van der Waals surface area contributed by atoms with Crippen LogP contribution < -0.4 is 0 Å². The lowest BCUT2D eigenvalue weighted by molar-refractivity contribution is -0.130. The van der Waals surface area contributed by atoms with E-state index in [4.69, 9.17) is 0 Å². The van der Waals surface area contributed by atoms with Gasteiger partial charge in [0.1, 0.15) is 11.6 Å². The van der Waals surface area contributed by atoms with E-state index in [0.717, 1.165) is 38.5 Å². The first-order valence-corrected chi connectivity index (χ1v) is 19.0. The Balaban J connectivity index is 1.11. The minimum Gasteiger partial charge on any atom is -0.299 e. The summed E-state index contributed by atoms with van der Waals surface area (Å²) in [6.45, 7) is 9.22. The molecule has 4 heteroatoms. The number of Topliss-reactive ketones (excluding diaryl/α,β-unsaturated/α-hetero) is 2. The molecule has 4 fully saturated rings. The molecular formula is C38H46O2S2. The number of hydrogen-bond donors (Lipinski definition) is 0. The number of ketones is 2. The fourth-order valence-corrected chi connectivity index (χ4v) is 14.0. The molecule has 0 spiro atoms. The van der Waals surface area contributed by atoms with Crippen LogP contribution >= 0.6 is 21.6 Å². The molecule has 0 aromatic heterocycles. The van der Waals surface area contributed by atoms with Gasteiger partial charge in [0.2, 0.25) is 0 Å². The van der Waals surface area contributed by atoms with Crippen molar-refractivity contribution in [1.82, 2.24) is 0 Å². The molecule has 2 aromatic rings. The van der Waals surface area contributed by atoms with Crippen molar-refractivity contribution in [1.29, 1.82) is 0 Å². The van der Waals surface area contributed by atoms with E-state index in [1.807, 2.05) is 21.6 Å². The minimum atomic E-state index is -0.0674. The van der Waals surface area contributed by atoms with E-state index in [1.54, 1.807) is 22.3 Å². The van der Waals surface area contributed by atoms with Crippen LogP contribution in [-0.2, 0) is 22.4 Å². The van der Waals surface area contributed by atoms with Crippen LogP contribution in [0.4, 0.5) is 0 Å². The fraction of sp³-hybridized carbons (Fsp3) is 0.632. The number of carbonyl (C=O) groups excluding carboxylic acids is 2. The second-order valence-electron chi connectivity index (χ2n) is 15.4. The third-order valence-electron chi connectivity index (χ3n) is 13.8. The Hall–Kier alpha value is -1.52. The highest BCUT2D eigenvalue weighted by Crippen LogP contribution is 2.63. The maximum atomic E-state index is 12.9. The molecule has 0 bridgehead atoms. The molecule has 0 amide bonds. The molecular weight excluding hydrogens is 553 g/mol. The number of benzene rings is 2. The maximum absolute atomic E-state index is 12.9. The van der Waals surface area contributed by atoms with Crippen LogP contribution in [0.1, 0.15) is 123 Å². The highest BCUT2D eigenvalue weighted by molar-refractivity contribution is 8.76. The average Bonchev–Trinajstić information content (AvgIpc) is 3.47. The van der Waals surface area contributed by atoms with Crippen molar-refractivity contribution in [3.63, 3.8) is 0 Å². The van der Waals surface area contributed by atoms with Crippen LogP contribution in [0, 0.1) is 48.3 Å². The summed E-state index contributed by atoms with van der Waals surface area (Å²) in [4.78, 5) is 28.8. The number of aryl methyl sites for hydroxylation is 2. The molecule has 8 rings (SSSR count). The Kier molecular flexibility index (Phi) is 6.66. The van der Waals surface area contributed by atoms with Gasteiger partial charge in [0.05, 0.1) is 0 Å². The molecule has 42 heavy (non-hydrogen) atoms. The summed E-state index contributed by atoms with van der Waals surface area (Å²) in [5, 5.41) is 0. The zero-order valence-electron chi connectivity index (χ0n) is 25.9. The first-order valence-electron chi connectivity index (χ1n) is 16.9. The highest BCUT2D eigenvalue weighted by Gasteiger charge is 2.56. The molecule has 0 unspecified atom stereocenters. The van der Waals surface area contributed by atoms with Gasteiger partial charge in [0.25, 0.3) is 0 Å². The van der Waals surface area contributed by atoms with Gasteiger partial charge < -0.3 is 0 Å². The smallest absolute Gasteiger partial charge is 0.139 e. The quantitative estimate of drug-likeness (QED) is 0.329. The van der Waals surface area contributed by atoms with Crippen LogP contribution in [0.3, 0.4) is 0 Å². The SMILES string of the molecule is Cc1ccc(SSc2ccc(C)c3c2[C@H]2CC[C@]4(C)C(=O)CC[C@H]4[C@@H]2CC3)c2c1CC[C@@H]1[C@@H]2CC[C@]2(C)C(=O)CC[C@@H]12. The van der Waals surface area contributed by atoms with Gasteiger partial charge in [-0.25, -0.2) is 0 Å². The Morgan fingerprint density at radius 2 is 1.02 bits per heavy atom. The van der Waals surface area contributed by atoms with Gasteiger partial charge in [-0.3, -0.25) is 9.59 Å². The summed E-state index contributed by atoms with van der Waals surface area (Å²) in [7, 11) is 4.02. The van der Waals surface area contributed by atoms with Gasteiger partial charge >= 0.3 is 0 Å². The lowest BCUT2D eigenvalue weighted by Crippen LogP contribution is -2.42. The van der Waals surface area contributed by atoms with Crippen LogP contribution in [0.2, 0.25) is 0 Å². The normalized spacial score (nSPS) is 38.3. The fourth-order valence-electron chi connectivity index (χ4n) is 11.5. The van der Waals surface area contributed by atoms with Gasteiger partial charge in [-0.2, -0.15) is 0 Å². The topological polar surface area (TPSA) is 34.1 Å². The van der Waals surface area contributed by atoms with Crippen LogP contribution in [0.25, 0.3) is 0 Å². The van der Waals surface area contributed by atoms with Gasteiger partial charge in [0.15, 0.2) is 0 Å². The summed E-state index contributed by atoms with van der Waals surface area (Å²) >= 11 is 0. The molecule has 0 heterocycles. The minimum absolute atomic E-state index is 0.0674. The molecule has 6 aliphatic rings. The standard InChI is InChI=1S/C38H46O2S2/c1-21-5-13-31(35-23(21)7-9-25-27(35)17-19-37(3)29(25)11-15-33(37)39)41-42-32-14-6-22(2)24-8-10-26-28(36(24)32)18-20-38(4)30(26)12-16-34(38)40/h5-6,13-14,25-30H,7-12,15-20H2,1-4H3/t25-,26-,27+,28+,29+,30+,37+,38+/m1/s1. The van der Waals surface area contributed by atoms with Crippen molar-refractivity contribution in [3.8, 4) is 0 Å². The number of rotatable bonds is 3. The Labute approximate surface area is 260 Å². The van der Waals surface area contributed by atoms with Gasteiger partial charge in [-0.15, -0.1) is 0 Å². The van der Waals surface area contributed by atoms with Crippen molar-refractivity contribution < 1.29 is 9.59 Å². The third-order valence-corrected chi connectivity index (χ3v) is 16.3. The van der Waals surface area contributed by atoms with E-state index < -0.39 is 0 Å². The van der Waals surface area contributed by atoms with Crippen LogP contribution in [0.5, 0.6) is 0 Å². The molecule has 0 N–H and O–H groups in total. The van der Waals surface area contributed by atoms with Crippen molar-refractivity contribution in [2.24, 2.45) is 34.5 Å². The molecule has 2 nitrogen and oxygen atoms in total. The van der Waals surface area contributed by atoms with E-state index in [-0.39, 0.29) is 10.8 Å². The van der Waals surface area contributed by atoms with Crippen molar-refractivity contribution >= 4 is 33.2 Å². The number of fused-ring (bicyclic) bond motifs is 10. The van der Waals surface area contributed by atoms with Crippen LogP contribution in [0.15, 0.2) is 34.1 Å². The maximum Gasteiger partial charge on any atom is 0.139 e. The summed E-state index contributed by atoms with van der Waals surface area (Å²) in [5.41, 5.74) is 9.28. The van der Waals surface area contributed by atoms with Gasteiger partial charge in [-0.05, 0) is 159 Å². The number of carbonyl (C=O) groups is 2. The van der Waals surface area contributed by atoms with Gasteiger partial charge in [-0.1, -0.05) is 47.6 Å². The van der Waals surface area contributed by atoms with E-state index >= 15 is 0 Å². The lowest BCUT2D eigenvalue weighted by Gasteiger charge is -2.49. The Bertz CT molecular complexity index is 1380. The second-order valence-corrected chi connectivity index (χ2v) is 17.6. The zero-order valence-corrected chi connectivity index (χ0v) is 27.5. The third kappa shape index (κ3) is 3.92. The molecule has 6 aliphatic carbocycles. The van der Waals surface area contributed by atoms with E-state index in [0.29, 0.717) is 47.1 Å². The molecule has 0 radical (unpaired) electrons. The van der Waals surface area contributed by atoms with Crippen molar-refractivity contribution in [3.05, 3.63) is 57.6 Å². The predicted molar refractivity (Wildman–Crippen MR) is 173 cm³/mol. The Morgan fingerprint density at radius 1 is 0.595 bits per heavy atom. The van der Waals surface area contributed by atoms with Gasteiger partial charge in [0, 0.05) is 33.5 Å². The largest absolute Gasteiger partial charge is 0.299 e. The molecule has 222 valence electrons. The van der Waals surface area contributed by atoms with Crippen LogP contribution in [-0.4, -0.2) is 11.6 Å². The monoisotopic (exact) mass is 598 g/mol. The highest BCUT2D eigenvalue weighted by atomic mass is 33.1. The first kappa shape index (κ1) is 28.0. The molecule has 0 aliphatic heterocycles. The predicted octanol–water partition coefficient (Wildman–Crippen LogP) is 9.95. The summed E-state index contributed by atoms with van der Waals surface area (Å²) in [5.74, 6) is 4.75. The average molecular weight is 599 g/mol. The summed E-state index contributed by atoms with van der Waals surface area (Å²) in [6.07, 6.45) is 13.1. The molecule has 8 atom stereocenters. The van der Waals surface area contributed by atoms with Crippen molar-refractivity contribution in [2.75, 3.05) is 0 Å². The molecule has 4 saturated carbocycles.